The normalized spacial score (nSPS) is 11.4. The van der Waals surface area contributed by atoms with Gasteiger partial charge in [0.05, 0.1) is 28.0 Å². The summed E-state index contributed by atoms with van der Waals surface area (Å²) < 4.78 is 17.2. The molecule has 6 heteroatoms. The van der Waals surface area contributed by atoms with E-state index in [1.54, 1.807) is 0 Å². The van der Waals surface area contributed by atoms with Gasteiger partial charge in [-0.15, -0.1) is 5.10 Å². The van der Waals surface area contributed by atoms with E-state index in [9.17, 15) is 0 Å². The van der Waals surface area contributed by atoms with Gasteiger partial charge in [-0.3, -0.25) is 4.57 Å². The van der Waals surface area contributed by atoms with Crippen molar-refractivity contribution < 1.29 is 9.47 Å². The largest absolute Gasteiger partial charge is 0.457 e. The van der Waals surface area contributed by atoms with Crippen molar-refractivity contribution >= 4 is 21.8 Å². The van der Waals surface area contributed by atoms with E-state index in [1.807, 2.05) is 77.6 Å². The number of aromatic nitrogens is 4. The Balaban J connectivity index is 1.21. The second-order valence-electron chi connectivity index (χ2n) is 13.1. The molecule has 0 aliphatic carbocycles. The molecule has 0 aliphatic rings. The number of fused-ring (bicyclic) bond motifs is 3. The molecule has 246 valence electrons. The van der Waals surface area contributed by atoms with Gasteiger partial charge in [0.2, 0.25) is 5.88 Å². The lowest BCUT2D eigenvalue weighted by Crippen LogP contribution is -2.00. The van der Waals surface area contributed by atoms with Crippen LogP contribution in [0, 0.1) is 41.5 Å². The molecule has 3 heterocycles. The number of ether oxygens (including phenoxy) is 2. The summed E-state index contributed by atoms with van der Waals surface area (Å²) in [4.78, 5) is 4.73. The number of hydrogen-bond acceptors (Lipinski definition) is 4. The molecule has 0 saturated carbocycles. The Morgan fingerprint density at radius 1 is 0.540 bits per heavy atom. The summed E-state index contributed by atoms with van der Waals surface area (Å²) in [6, 6.07) is 39.0. The maximum Gasteiger partial charge on any atom is 0.246 e. The summed E-state index contributed by atoms with van der Waals surface area (Å²) in [5.41, 5.74) is 12.3. The van der Waals surface area contributed by atoms with E-state index in [2.05, 4.69) is 94.6 Å². The summed E-state index contributed by atoms with van der Waals surface area (Å²) in [6.45, 7) is 12.9. The van der Waals surface area contributed by atoms with E-state index in [1.165, 1.54) is 27.6 Å². The van der Waals surface area contributed by atoms with Crippen LogP contribution in [0.3, 0.4) is 0 Å². The molecule has 8 rings (SSSR count). The van der Waals surface area contributed by atoms with Crippen LogP contribution < -0.4 is 9.47 Å². The van der Waals surface area contributed by atoms with E-state index in [-0.39, 0.29) is 0 Å². The topological polar surface area (TPSA) is 54.1 Å². The monoisotopic (exact) mass is 654 g/mol. The second kappa shape index (κ2) is 12.4. The van der Waals surface area contributed by atoms with Crippen LogP contribution in [0.2, 0.25) is 0 Å². The fourth-order valence-corrected chi connectivity index (χ4v) is 7.07. The van der Waals surface area contributed by atoms with E-state index in [4.69, 9.17) is 19.6 Å². The molecule has 0 bridgehead atoms. The summed E-state index contributed by atoms with van der Waals surface area (Å²) in [5.74, 6) is 3.63. The highest BCUT2D eigenvalue weighted by atomic mass is 16.5. The first-order chi connectivity index (χ1) is 24.3. The van der Waals surface area contributed by atoms with Crippen molar-refractivity contribution in [3.8, 4) is 45.8 Å². The molecule has 0 unspecified atom stereocenters. The molecular formula is C44H38N4O2. The summed E-state index contributed by atoms with van der Waals surface area (Å²) in [5, 5.41) is 7.40. The molecule has 6 nitrogen and oxygen atoms in total. The van der Waals surface area contributed by atoms with E-state index >= 15 is 0 Å². The van der Waals surface area contributed by atoms with Gasteiger partial charge in [-0.2, -0.15) is 0 Å². The van der Waals surface area contributed by atoms with Crippen LogP contribution in [-0.2, 0) is 0 Å². The summed E-state index contributed by atoms with van der Waals surface area (Å²) >= 11 is 0. The van der Waals surface area contributed by atoms with Crippen molar-refractivity contribution in [2.24, 2.45) is 0 Å². The van der Waals surface area contributed by atoms with Crippen molar-refractivity contribution in [2.45, 2.75) is 41.5 Å². The van der Waals surface area contributed by atoms with E-state index in [0.717, 1.165) is 61.8 Å². The zero-order valence-electron chi connectivity index (χ0n) is 29.2. The van der Waals surface area contributed by atoms with Crippen molar-refractivity contribution in [1.82, 2.24) is 19.3 Å². The highest BCUT2D eigenvalue weighted by molar-refractivity contribution is 6.09. The van der Waals surface area contributed by atoms with Gasteiger partial charge >= 0.3 is 0 Å². The van der Waals surface area contributed by atoms with Gasteiger partial charge < -0.3 is 9.47 Å². The first-order valence-corrected chi connectivity index (χ1v) is 16.9. The molecule has 0 atom stereocenters. The zero-order valence-corrected chi connectivity index (χ0v) is 29.2. The summed E-state index contributed by atoms with van der Waals surface area (Å²) in [6.07, 6.45) is 1.86. The number of para-hydroxylation sites is 2. The van der Waals surface area contributed by atoms with Crippen LogP contribution in [0.15, 0.2) is 121 Å². The molecule has 0 N–H and O–H groups in total. The molecule has 0 radical (unpaired) electrons. The Morgan fingerprint density at radius 2 is 1.28 bits per heavy atom. The minimum absolute atomic E-state index is 0.567. The quantitative estimate of drug-likeness (QED) is 0.172. The van der Waals surface area contributed by atoms with Crippen LogP contribution >= 0.6 is 0 Å². The molecule has 50 heavy (non-hydrogen) atoms. The van der Waals surface area contributed by atoms with E-state index < -0.39 is 0 Å². The first-order valence-electron chi connectivity index (χ1n) is 16.9. The fourth-order valence-electron chi connectivity index (χ4n) is 7.07. The Bertz CT molecular complexity index is 2560. The minimum Gasteiger partial charge on any atom is -0.457 e. The average Bonchev–Trinajstić information content (AvgIpc) is 3.61. The van der Waals surface area contributed by atoms with Gasteiger partial charge in [-0.25, -0.2) is 9.67 Å². The molecular weight excluding hydrogens is 617 g/mol. The molecule has 0 saturated heterocycles. The standard InChI is InChI=1S/C44H38N4O2/c1-27-21-22-45-41(23-27)47-39-18-11-10-17-37(39)38-20-19-36(26-40(38)47)49-35-16-12-13-33(25-35)48-32(6)43(42-29(3)24-28(2)30(4)31(42)5)44(46-48)50-34-14-8-7-9-15-34/h7-26H,1-6H3. The Hall–Kier alpha value is -6.14. The molecule has 0 spiro atoms. The number of hydrogen-bond donors (Lipinski definition) is 0. The average molecular weight is 655 g/mol. The van der Waals surface area contributed by atoms with E-state index in [0.29, 0.717) is 11.6 Å². The maximum absolute atomic E-state index is 6.58. The molecule has 3 aromatic heterocycles. The number of nitrogens with zero attached hydrogens (tertiary/aromatic N) is 4. The van der Waals surface area contributed by atoms with Crippen LogP contribution in [0.4, 0.5) is 0 Å². The highest BCUT2D eigenvalue weighted by Crippen LogP contribution is 2.42. The van der Waals surface area contributed by atoms with Gasteiger partial charge in [-0.1, -0.05) is 48.5 Å². The van der Waals surface area contributed by atoms with Crippen molar-refractivity contribution in [3.63, 3.8) is 0 Å². The highest BCUT2D eigenvalue weighted by Gasteiger charge is 2.24. The molecule has 0 fully saturated rings. The minimum atomic E-state index is 0.567. The van der Waals surface area contributed by atoms with Crippen molar-refractivity contribution in [2.75, 3.05) is 0 Å². The van der Waals surface area contributed by atoms with Gasteiger partial charge in [0.15, 0.2) is 0 Å². The lowest BCUT2D eigenvalue weighted by molar-refractivity contribution is 0.458. The number of aryl methyl sites for hydroxylation is 3. The Morgan fingerprint density at radius 3 is 2.10 bits per heavy atom. The SMILES string of the molecule is Cc1ccnc(-n2c3ccccc3c3ccc(Oc4cccc(-n5nc(Oc6ccccc6)c(-c6c(C)cc(C)c(C)c6C)c5C)c4)cc32)c1. The fraction of sp³-hybridized carbons (Fsp3) is 0.136. The van der Waals surface area contributed by atoms with Crippen LogP contribution in [0.1, 0.15) is 33.5 Å². The first kappa shape index (κ1) is 31.1. The molecule has 0 aliphatic heterocycles. The predicted octanol–water partition coefficient (Wildman–Crippen LogP) is 11.5. The van der Waals surface area contributed by atoms with Crippen LogP contribution in [0.5, 0.6) is 23.1 Å². The lowest BCUT2D eigenvalue weighted by Gasteiger charge is -2.16. The Labute approximate surface area is 292 Å². The third-order valence-corrected chi connectivity index (χ3v) is 9.72. The number of pyridine rings is 1. The second-order valence-corrected chi connectivity index (χ2v) is 13.1. The van der Waals surface area contributed by atoms with Gasteiger partial charge in [-0.05, 0) is 130 Å². The Kier molecular flexibility index (Phi) is 7.72. The number of benzene rings is 5. The third-order valence-electron chi connectivity index (χ3n) is 9.72. The zero-order chi connectivity index (χ0) is 34.5. The lowest BCUT2D eigenvalue weighted by atomic mass is 9.90. The van der Waals surface area contributed by atoms with Crippen LogP contribution in [0.25, 0.3) is 44.4 Å². The summed E-state index contributed by atoms with van der Waals surface area (Å²) in [7, 11) is 0. The molecule has 0 amide bonds. The van der Waals surface area contributed by atoms with Gasteiger partial charge in [0.25, 0.3) is 0 Å². The van der Waals surface area contributed by atoms with Crippen molar-refractivity contribution in [1.29, 1.82) is 0 Å². The predicted molar refractivity (Wildman–Crippen MR) is 203 cm³/mol. The van der Waals surface area contributed by atoms with Gasteiger partial charge in [0.1, 0.15) is 23.1 Å². The number of rotatable bonds is 7. The van der Waals surface area contributed by atoms with Crippen molar-refractivity contribution in [3.05, 3.63) is 155 Å². The smallest absolute Gasteiger partial charge is 0.246 e. The maximum atomic E-state index is 6.58. The van der Waals surface area contributed by atoms with Crippen LogP contribution in [-0.4, -0.2) is 19.3 Å². The van der Waals surface area contributed by atoms with Gasteiger partial charge in [0, 0.05) is 29.1 Å². The molecule has 8 aromatic rings. The molecule has 5 aromatic carbocycles. The third kappa shape index (κ3) is 5.39.